The van der Waals surface area contributed by atoms with Crippen molar-refractivity contribution in [3.05, 3.63) is 77.4 Å². The van der Waals surface area contributed by atoms with Crippen LogP contribution in [0.5, 0.6) is 0 Å². The number of aryl methyl sites for hydroxylation is 2. The molecule has 0 spiro atoms. The smallest absolute Gasteiger partial charge is 0.269 e. The van der Waals surface area contributed by atoms with Crippen LogP contribution in [-0.2, 0) is 0 Å². The second-order valence-electron chi connectivity index (χ2n) is 5.61. The molecule has 1 aromatic heterocycles. The molecule has 0 N–H and O–H groups in total. The fraction of sp³-hybridized carbons (Fsp3) is 0.211. The zero-order valence-corrected chi connectivity index (χ0v) is 13.0. The van der Waals surface area contributed by atoms with Crippen molar-refractivity contribution in [3.8, 4) is 11.4 Å². The zero-order chi connectivity index (χ0) is 15.0. The fourth-order valence-corrected chi connectivity index (χ4v) is 2.46. The Bertz CT molecular complexity index is 697. The van der Waals surface area contributed by atoms with Crippen molar-refractivity contribution in [1.29, 1.82) is 0 Å². The molecule has 0 amide bonds. The van der Waals surface area contributed by atoms with Gasteiger partial charge in [-0.1, -0.05) is 35.4 Å². The lowest BCUT2D eigenvalue weighted by Gasteiger charge is -2.04. The summed E-state index contributed by atoms with van der Waals surface area (Å²) in [6, 6.07) is 17.1. The number of benzene rings is 2. The Balaban J connectivity index is 2.11. The molecule has 106 valence electrons. The minimum Gasteiger partial charge on any atom is -0.296 e. The van der Waals surface area contributed by atoms with E-state index in [1.807, 2.05) is 0 Å². The van der Waals surface area contributed by atoms with Crippen LogP contribution in [0.4, 0.5) is 0 Å². The van der Waals surface area contributed by atoms with Crippen molar-refractivity contribution in [1.82, 2.24) is 4.57 Å². The summed E-state index contributed by atoms with van der Waals surface area (Å²) in [5, 5.41) is 0. The van der Waals surface area contributed by atoms with E-state index in [-0.39, 0.29) is 0 Å². The van der Waals surface area contributed by atoms with Gasteiger partial charge in [-0.25, -0.2) is 0 Å². The van der Waals surface area contributed by atoms with Crippen LogP contribution >= 0.6 is 0 Å². The first-order valence-corrected chi connectivity index (χ1v) is 7.23. The topological polar surface area (TPSA) is 8.81 Å². The summed E-state index contributed by atoms with van der Waals surface area (Å²) in [7, 11) is 0. The van der Waals surface area contributed by atoms with Crippen LogP contribution in [0.2, 0.25) is 0 Å². The average molecular weight is 276 g/mol. The van der Waals surface area contributed by atoms with E-state index >= 15 is 0 Å². The standard InChI is InChI=1S/C19H20N2/c1-14-5-9-18(10-6-14)20-13-21(17(4)16(20)3)19-11-7-15(2)8-12-19/h5-12H,1-4H3. The molecule has 0 fully saturated rings. The van der Waals surface area contributed by atoms with Crippen LogP contribution in [0, 0.1) is 34.0 Å². The van der Waals surface area contributed by atoms with Gasteiger partial charge >= 0.3 is 0 Å². The molecule has 3 rings (SSSR count). The van der Waals surface area contributed by atoms with E-state index in [9.17, 15) is 0 Å². The van der Waals surface area contributed by atoms with Crippen LogP contribution in [0.15, 0.2) is 48.5 Å². The molecule has 2 nitrogen and oxygen atoms in total. The molecule has 1 heterocycles. The molecular weight excluding hydrogens is 256 g/mol. The number of nitrogens with zero attached hydrogens (tertiary/aromatic N) is 2. The van der Waals surface area contributed by atoms with Gasteiger partial charge < -0.3 is 0 Å². The maximum atomic E-state index is 3.45. The molecule has 0 bridgehead atoms. The third kappa shape index (κ3) is 2.49. The molecule has 0 aliphatic heterocycles. The first-order valence-electron chi connectivity index (χ1n) is 7.23. The van der Waals surface area contributed by atoms with Crippen molar-refractivity contribution < 1.29 is 4.57 Å². The van der Waals surface area contributed by atoms with Crippen LogP contribution < -0.4 is 4.57 Å². The summed E-state index contributed by atoms with van der Waals surface area (Å²) in [6.07, 6.45) is 3.45. The van der Waals surface area contributed by atoms with Gasteiger partial charge in [0.2, 0.25) is 0 Å². The van der Waals surface area contributed by atoms with Crippen molar-refractivity contribution in [2.75, 3.05) is 0 Å². The van der Waals surface area contributed by atoms with Crippen molar-refractivity contribution >= 4 is 0 Å². The largest absolute Gasteiger partial charge is 0.296 e. The van der Waals surface area contributed by atoms with E-state index in [1.165, 1.54) is 22.5 Å². The predicted molar refractivity (Wildman–Crippen MR) is 85.1 cm³/mol. The lowest BCUT2D eigenvalue weighted by atomic mass is 10.2. The van der Waals surface area contributed by atoms with E-state index in [0.717, 1.165) is 11.4 Å². The molecule has 2 aromatic carbocycles. The minimum atomic E-state index is 1.15. The molecule has 0 saturated heterocycles. The molecule has 3 aromatic rings. The SMILES string of the molecule is Cc1ccc(-n2[c-][n+](-c3ccc(C)cc3)c(C)c2C)cc1. The summed E-state index contributed by atoms with van der Waals surface area (Å²) >= 11 is 0. The highest BCUT2D eigenvalue weighted by molar-refractivity contribution is 5.36. The van der Waals surface area contributed by atoms with Gasteiger partial charge in [0.05, 0.1) is 22.8 Å². The highest BCUT2D eigenvalue weighted by atomic mass is 15.1. The molecule has 0 aliphatic carbocycles. The third-order valence-corrected chi connectivity index (χ3v) is 3.98. The summed E-state index contributed by atoms with van der Waals surface area (Å²) in [6.45, 7) is 8.48. The van der Waals surface area contributed by atoms with Crippen LogP contribution in [0.3, 0.4) is 0 Å². The van der Waals surface area contributed by atoms with Gasteiger partial charge in [0.15, 0.2) is 0 Å². The molecule has 0 aliphatic rings. The molecule has 21 heavy (non-hydrogen) atoms. The Labute approximate surface area is 126 Å². The van der Waals surface area contributed by atoms with Crippen molar-refractivity contribution in [2.45, 2.75) is 27.7 Å². The lowest BCUT2D eigenvalue weighted by molar-refractivity contribution is -0.606. The average Bonchev–Trinajstić information content (AvgIpc) is 2.78. The van der Waals surface area contributed by atoms with E-state index in [4.69, 9.17) is 0 Å². The molecule has 0 atom stereocenters. The molecule has 2 heteroatoms. The Kier molecular flexibility index (Phi) is 3.38. The number of rotatable bonds is 2. The normalized spacial score (nSPS) is 10.9. The molecule has 0 radical (unpaired) electrons. The summed E-state index contributed by atoms with van der Waals surface area (Å²) in [5.74, 6) is 0. The van der Waals surface area contributed by atoms with Gasteiger partial charge in [-0.2, -0.15) is 0 Å². The van der Waals surface area contributed by atoms with Gasteiger partial charge in [-0.05, 0) is 52.0 Å². The van der Waals surface area contributed by atoms with Crippen LogP contribution in [0.1, 0.15) is 22.5 Å². The first kappa shape index (κ1) is 13.6. The summed E-state index contributed by atoms with van der Waals surface area (Å²) in [5.41, 5.74) is 7.25. The van der Waals surface area contributed by atoms with Crippen molar-refractivity contribution in [2.24, 2.45) is 0 Å². The van der Waals surface area contributed by atoms with Crippen molar-refractivity contribution in [3.63, 3.8) is 0 Å². The van der Waals surface area contributed by atoms with Gasteiger partial charge in [0.1, 0.15) is 0 Å². The second kappa shape index (κ2) is 5.21. The van der Waals surface area contributed by atoms with E-state index in [2.05, 4.69) is 91.7 Å². The van der Waals surface area contributed by atoms with E-state index < -0.39 is 0 Å². The van der Waals surface area contributed by atoms with Gasteiger partial charge in [-0.15, -0.1) is 0 Å². The lowest BCUT2D eigenvalue weighted by Crippen LogP contribution is -2.32. The van der Waals surface area contributed by atoms with E-state index in [1.54, 1.807) is 0 Å². The summed E-state index contributed by atoms with van der Waals surface area (Å²) < 4.78 is 4.24. The molecular formula is C19H20N2. The highest BCUT2D eigenvalue weighted by Gasteiger charge is 2.12. The predicted octanol–water partition coefficient (Wildman–Crippen LogP) is 3.79. The van der Waals surface area contributed by atoms with Crippen LogP contribution in [-0.4, -0.2) is 4.57 Å². The van der Waals surface area contributed by atoms with Crippen LogP contribution in [0.25, 0.3) is 11.4 Å². The van der Waals surface area contributed by atoms with Gasteiger partial charge in [0.25, 0.3) is 6.33 Å². The second-order valence-corrected chi connectivity index (χ2v) is 5.61. The molecule has 0 unspecified atom stereocenters. The van der Waals surface area contributed by atoms with Gasteiger partial charge in [0, 0.05) is 0 Å². The monoisotopic (exact) mass is 276 g/mol. The number of hydrogen-bond donors (Lipinski definition) is 0. The summed E-state index contributed by atoms with van der Waals surface area (Å²) in [4.78, 5) is 0. The third-order valence-electron chi connectivity index (χ3n) is 3.98. The Morgan fingerprint density at radius 2 is 1.29 bits per heavy atom. The first-order chi connectivity index (χ1) is 10.1. The maximum absolute atomic E-state index is 3.45. The molecule has 0 saturated carbocycles. The van der Waals surface area contributed by atoms with E-state index in [0.29, 0.717) is 0 Å². The Morgan fingerprint density at radius 3 is 1.86 bits per heavy atom. The minimum absolute atomic E-state index is 1.15. The fourth-order valence-electron chi connectivity index (χ4n) is 2.46. The quantitative estimate of drug-likeness (QED) is 0.497. The van der Waals surface area contributed by atoms with Gasteiger partial charge in [-0.3, -0.25) is 9.13 Å². The highest BCUT2D eigenvalue weighted by Crippen LogP contribution is 2.15. The number of aromatic nitrogens is 2. The Morgan fingerprint density at radius 1 is 0.762 bits per heavy atom. The zero-order valence-electron chi connectivity index (χ0n) is 13.0. The maximum Gasteiger partial charge on any atom is 0.269 e. The Hall–Kier alpha value is -2.35. The number of hydrogen-bond acceptors (Lipinski definition) is 0. The number of imidazole rings is 1.